The van der Waals surface area contributed by atoms with Gasteiger partial charge in [-0.3, -0.25) is 14.5 Å². The fourth-order valence-corrected chi connectivity index (χ4v) is 5.50. The average Bonchev–Trinajstić information content (AvgIpc) is 3.35. The SMILES string of the molecule is COc1cc(C)c(SN(C)CCOCC(=O)N(C)[C@@H]2CCN(C(=O)CN3CCN(C)CC3)C2)c(C)c1. The van der Waals surface area contributed by atoms with Crippen LogP contribution in [0.4, 0.5) is 0 Å². The highest BCUT2D eigenvalue weighted by Crippen LogP contribution is 2.31. The number of carbonyl (C=O) groups excluding carboxylic acids is 2. The molecule has 2 aliphatic rings. The average molecular weight is 522 g/mol. The summed E-state index contributed by atoms with van der Waals surface area (Å²) in [7, 11) is 7.64. The van der Waals surface area contributed by atoms with Crippen LogP contribution in [0.1, 0.15) is 17.5 Å². The number of hydrogen-bond donors (Lipinski definition) is 0. The lowest BCUT2D eigenvalue weighted by Gasteiger charge is -2.33. The summed E-state index contributed by atoms with van der Waals surface area (Å²) in [6.07, 6.45) is 0.816. The number of benzene rings is 1. The highest BCUT2D eigenvalue weighted by Gasteiger charge is 2.31. The number of piperazine rings is 1. The lowest BCUT2D eigenvalue weighted by Crippen LogP contribution is -2.49. The molecule has 2 amide bonds. The molecule has 1 atom stereocenters. The first kappa shape index (κ1) is 28.7. The molecule has 2 aliphatic heterocycles. The van der Waals surface area contributed by atoms with Gasteiger partial charge in [0.15, 0.2) is 0 Å². The van der Waals surface area contributed by atoms with Crippen molar-refractivity contribution in [3.05, 3.63) is 23.3 Å². The Morgan fingerprint density at radius 3 is 2.39 bits per heavy atom. The van der Waals surface area contributed by atoms with Crippen molar-refractivity contribution in [1.82, 2.24) is 23.9 Å². The molecule has 0 aliphatic carbocycles. The first-order valence-corrected chi connectivity index (χ1v) is 13.5. The third-order valence-corrected chi connectivity index (χ3v) is 8.43. The molecule has 0 unspecified atom stereocenters. The van der Waals surface area contributed by atoms with E-state index in [4.69, 9.17) is 9.47 Å². The minimum absolute atomic E-state index is 0.0366. The van der Waals surface area contributed by atoms with Gasteiger partial charge in [0.05, 0.1) is 26.3 Å². The van der Waals surface area contributed by atoms with E-state index in [0.29, 0.717) is 32.8 Å². The fourth-order valence-electron chi connectivity index (χ4n) is 4.61. The first-order chi connectivity index (χ1) is 17.2. The van der Waals surface area contributed by atoms with Crippen LogP contribution in [-0.4, -0.2) is 136 Å². The molecule has 2 fully saturated rings. The number of likely N-dealkylation sites (tertiary alicyclic amines) is 1. The van der Waals surface area contributed by atoms with E-state index in [1.165, 1.54) is 16.0 Å². The van der Waals surface area contributed by atoms with Crippen LogP contribution in [0.3, 0.4) is 0 Å². The zero-order valence-electron chi connectivity index (χ0n) is 22.8. The zero-order chi connectivity index (χ0) is 26.2. The van der Waals surface area contributed by atoms with Gasteiger partial charge in [-0.15, -0.1) is 0 Å². The summed E-state index contributed by atoms with van der Waals surface area (Å²) in [5, 5.41) is 0. The summed E-state index contributed by atoms with van der Waals surface area (Å²) in [5.74, 6) is 1.00. The number of ether oxygens (including phenoxy) is 2. The highest BCUT2D eigenvalue weighted by atomic mass is 32.2. The van der Waals surface area contributed by atoms with Crippen LogP contribution in [0.25, 0.3) is 0 Å². The minimum atomic E-state index is -0.0366. The second-order valence-electron chi connectivity index (χ2n) is 9.95. The van der Waals surface area contributed by atoms with Gasteiger partial charge in [-0.25, -0.2) is 4.31 Å². The van der Waals surface area contributed by atoms with Gasteiger partial charge in [-0.1, -0.05) is 0 Å². The zero-order valence-corrected chi connectivity index (χ0v) is 23.6. The van der Waals surface area contributed by atoms with Crippen LogP contribution in [0, 0.1) is 13.8 Å². The van der Waals surface area contributed by atoms with E-state index in [1.807, 2.05) is 31.1 Å². The predicted molar refractivity (Wildman–Crippen MR) is 143 cm³/mol. The Kier molecular flexibility index (Phi) is 10.9. The largest absolute Gasteiger partial charge is 0.497 e. The van der Waals surface area contributed by atoms with Gasteiger partial charge in [-0.2, -0.15) is 0 Å². The number of carbonyl (C=O) groups is 2. The third-order valence-electron chi connectivity index (χ3n) is 7.10. The van der Waals surface area contributed by atoms with Crippen molar-refractivity contribution in [1.29, 1.82) is 0 Å². The van der Waals surface area contributed by atoms with Crippen LogP contribution in [0.5, 0.6) is 5.75 Å². The van der Waals surface area contributed by atoms with Crippen LogP contribution in [-0.2, 0) is 14.3 Å². The summed E-state index contributed by atoms with van der Waals surface area (Å²) >= 11 is 1.68. The molecule has 0 spiro atoms. The summed E-state index contributed by atoms with van der Waals surface area (Å²) in [6, 6.07) is 4.13. The van der Waals surface area contributed by atoms with Crippen molar-refractivity contribution >= 4 is 23.8 Å². The van der Waals surface area contributed by atoms with Gasteiger partial charge in [0.2, 0.25) is 11.8 Å². The second kappa shape index (κ2) is 13.6. The maximum Gasteiger partial charge on any atom is 0.248 e. The van der Waals surface area contributed by atoms with Crippen molar-refractivity contribution in [3.63, 3.8) is 0 Å². The van der Waals surface area contributed by atoms with E-state index in [1.54, 1.807) is 24.0 Å². The Hall–Kier alpha value is -1.85. The van der Waals surface area contributed by atoms with Gasteiger partial charge in [0.1, 0.15) is 12.4 Å². The van der Waals surface area contributed by atoms with Crippen molar-refractivity contribution in [3.8, 4) is 5.75 Å². The van der Waals surface area contributed by atoms with Gasteiger partial charge in [0.25, 0.3) is 0 Å². The molecule has 202 valence electrons. The Morgan fingerprint density at radius 1 is 1.08 bits per heavy atom. The van der Waals surface area contributed by atoms with Gasteiger partial charge < -0.3 is 24.2 Å². The molecule has 0 radical (unpaired) electrons. The molecule has 1 aromatic carbocycles. The predicted octanol–water partition coefficient (Wildman–Crippen LogP) is 1.57. The molecule has 0 bridgehead atoms. The minimum Gasteiger partial charge on any atom is -0.497 e. The number of nitrogens with zero attached hydrogens (tertiary/aromatic N) is 5. The number of hydrogen-bond acceptors (Lipinski definition) is 8. The summed E-state index contributed by atoms with van der Waals surface area (Å²) in [6.45, 7) is 11.1. The Balaban J connectivity index is 1.34. The number of rotatable bonds is 11. The molecule has 2 heterocycles. The molecule has 1 aromatic rings. The lowest BCUT2D eigenvalue weighted by atomic mass is 10.1. The van der Waals surface area contributed by atoms with Crippen molar-refractivity contribution < 1.29 is 19.1 Å². The molecule has 2 saturated heterocycles. The maximum atomic E-state index is 12.7. The second-order valence-corrected chi connectivity index (χ2v) is 11.2. The summed E-state index contributed by atoms with van der Waals surface area (Å²) in [4.78, 5) is 34.8. The molecular formula is C26H43N5O4S. The molecular weight excluding hydrogens is 478 g/mol. The number of amides is 2. The van der Waals surface area contributed by atoms with E-state index in [2.05, 4.69) is 35.0 Å². The van der Waals surface area contributed by atoms with Gasteiger partial charge in [-0.05, 0) is 69.6 Å². The normalized spacial score (nSPS) is 19.2. The van der Waals surface area contributed by atoms with E-state index < -0.39 is 0 Å². The molecule has 3 rings (SSSR count). The summed E-state index contributed by atoms with van der Waals surface area (Å²) < 4.78 is 13.2. The first-order valence-electron chi connectivity index (χ1n) is 12.7. The van der Waals surface area contributed by atoms with Crippen LogP contribution >= 0.6 is 11.9 Å². The van der Waals surface area contributed by atoms with E-state index in [-0.39, 0.29) is 24.5 Å². The van der Waals surface area contributed by atoms with Crippen molar-refractivity contribution in [2.75, 3.05) is 93.8 Å². The standard InChI is InChI=1S/C26H43N5O4S/c1-20-15-23(34-6)16-21(2)26(20)36-28(4)13-14-35-19-25(33)29(5)22-7-8-31(17-22)24(32)18-30-11-9-27(3)10-12-30/h15-16,22H,7-14,17-19H2,1-6H3/t22-/m1/s1. The van der Waals surface area contributed by atoms with Crippen molar-refractivity contribution in [2.45, 2.75) is 31.2 Å². The highest BCUT2D eigenvalue weighted by molar-refractivity contribution is 7.97. The molecule has 10 heteroatoms. The van der Waals surface area contributed by atoms with Crippen LogP contribution < -0.4 is 4.74 Å². The fraction of sp³-hybridized carbons (Fsp3) is 0.692. The Bertz CT molecular complexity index is 870. The van der Waals surface area contributed by atoms with E-state index in [9.17, 15) is 9.59 Å². The number of methoxy groups -OCH3 is 1. The number of likely N-dealkylation sites (N-methyl/N-ethyl adjacent to an activating group) is 3. The maximum absolute atomic E-state index is 12.7. The van der Waals surface area contributed by atoms with E-state index >= 15 is 0 Å². The Labute approximate surface area is 220 Å². The van der Waals surface area contributed by atoms with Gasteiger partial charge in [0, 0.05) is 57.8 Å². The van der Waals surface area contributed by atoms with Crippen molar-refractivity contribution in [2.24, 2.45) is 0 Å². The molecule has 0 aromatic heterocycles. The molecule has 0 saturated carbocycles. The van der Waals surface area contributed by atoms with Gasteiger partial charge >= 0.3 is 0 Å². The molecule has 0 N–H and O–H groups in total. The topological polar surface area (TPSA) is 68.8 Å². The summed E-state index contributed by atoms with van der Waals surface area (Å²) in [5.41, 5.74) is 2.35. The molecule has 9 nitrogen and oxygen atoms in total. The third kappa shape index (κ3) is 8.08. The quantitative estimate of drug-likeness (QED) is 0.321. The monoisotopic (exact) mass is 521 g/mol. The number of aryl methyl sites for hydroxylation is 2. The molecule has 36 heavy (non-hydrogen) atoms. The van der Waals surface area contributed by atoms with Crippen LogP contribution in [0.15, 0.2) is 17.0 Å². The van der Waals surface area contributed by atoms with E-state index in [0.717, 1.165) is 38.3 Å². The smallest absolute Gasteiger partial charge is 0.248 e. The van der Waals surface area contributed by atoms with Crippen LogP contribution in [0.2, 0.25) is 0 Å². The Morgan fingerprint density at radius 2 is 1.75 bits per heavy atom. The lowest BCUT2D eigenvalue weighted by molar-refractivity contribution is -0.138.